The van der Waals surface area contributed by atoms with Crippen molar-refractivity contribution in [2.24, 2.45) is 4.99 Å². The first-order valence-corrected chi connectivity index (χ1v) is 10.8. The number of aliphatic imine (C=N–C) groups is 1. The lowest BCUT2D eigenvalue weighted by Gasteiger charge is -2.36. The van der Waals surface area contributed by atoms with Crippen LogP contribution >= 0.6 is 0 Å². The van der Waals surface area contributed by atoms with E-state index in [1.54, 1.807) is 24.3 Å². The van der Waals surface area contributed by atoms with Crippen LogP contribution in [0, 0.1) is 0 Å². The minimum atomic E-state index is -3.54. The lowest BCUT2D eigenvalue weighted by molar-refractivity contribution is -0.131. The molecule has 0 spiro atoms. The van der Waals surface area contributed by atoms with Crippen LogP contribution < -0.4 is 9.62 Å². The number of rotatable bonds is 4. The van der Waals surface area contributed by atoms with Crippen molar-refractivity contribution in [2.75, 3.05) is 37.6 Å². The van der Waals surface area contributed by atoms with Gasteiger partial charge in [0.2, 0.25) is 5.91 Å². The van der Waals surface area contributed by atoms with Crippen molar-refractivity contribution in [1.29, 1.82) is 0 Å². The van der Waals surface area contributed by atoms with Gasteiger partial charge in [0.15, 0.2) is 0 Å². The van der Waals surface area contributed by atoms with Gasteiger partial charge in [-0.1, -0.05) is 30.3 Å². The molecule has 2 aromatic rings. The van der Waals surface area contributed by atoms with Gasteiger partial charge in [0, 0.05) is 43.9 Å². The maximum absolute atomic E-state index is 12.5. The van der Waals surface area contributed by atoms with Crippen LogP contribution in [0.1, 0.15) is 12.0 Å². The number of fused-ring (bicyclic) bond motifs is 1. The fourth-order valence-corrected chi connectivity index (χ4v) is 4.78. The van der Waals surface area contributed by atoms with Crippen LogP contribution in [-0.4, -0.2) is 57.8 Å². The van der Waals surface area contributed by atoms with Gasteiger partial charge in [0.25, 0.3) is 10.0 Å². The van der Waals surface area contributed by atoms with Crippen LogP contribution in [0.4, 0.5) is 5.69 Å². The Morgan fingerprint density at radius 3 is 2.39 bits per heavy atom. The second-order valence-corrected chi connectivity index (χ2v) is 8.44. The van der Waals surface area contributed by atoms with Crippen molar-refractivity contribution in [3.8, 4) is 0 Å². The van der Waals surface area contributed by atoms with Gasteiger partial charge in [-0.2, -0.15) is 0 Å². The summed E-state index contributed by atoms with van der Waals surface area (Å²) >= 11 is 0. The summed E-state index contributed by atoms with van der Waals surface area (Å²) in [4.78, 5) is 21.2. The smallest absolute Gasteiger partial charge is 0.263 e. The molecule has 2 aliphatic heterocycles. The van der Waals surface area contributed by atoms with Gasteiger partial charge < -0.3 is 9.80 Å². The van der Waals surface area contributed by atoms with Crippen LogP contribution in [0.5, 0.6) is 0 Å². The minimum absolute atomic E-state index is 0.0474. The summed E-state index contributed by atoms with van der Waals surface area (Å²) in [7, 11) is -3.54. The third-order valence-electron chi connectivity index (χ3n) is 5.01. The number of piperazine rings is 1. The molecule has 1 N–H and O–H groups in total. The zero-order valence-electron chi connectivity index (χ0n) is 15.4. The Labute approximate surface area is 164 Å². The predicted octanol–water partition coefficient (Wildman–Crippen LogP) is 1.46. The molecule has 0 unspecified atom stereocenters. The summed E-state index contributed by atoms with van der Waals surface area (Å²) in [6, 6.07) is 16.9. The summed E-state index contributed by atoms with van der Waals surface area (Å²) in [5.74, 6) is 0.364. The number of nitrogens with zero attached hydrogens (tertiary/aromatic N) is 3. The van der Waals surface area contributed by atoms with E-state index in [9.17, 15) is 13.2 Å². The monoisotopic (exact) mass is 398 g/mol. The Hall–Kier alpha value is -2.87. The number of amides is 1. The number of carbonyl (C=O) groups is 1. The van der Waals surface area contributed by atoms with E-state index in [0.717, 1.165) is 13.1 Å². The van der Waals surface area contributed by atoms with Gasteiger partial charge in [0.05, 0.1) is 11.4 Å². The number of para-hydroxylation sites is 1. The summed E-state index contributed by atoms with van der Waals surface area (Å²) in [5.41, 5.74) is 1.74. The second-order valence-electron chi connectivity index (χ2n) is 6.79. The van der Waals surface area contributed by atoms with Crippen LogP contribution in [0.15, 0.2) is 64.5 Å². The maximum Gasteiger partial charge on any atom is 0.263 e. The average Bonchev–Trinajstić information content (AvgIpc) is 2.99. The van der Waals surface area contributed by atoms with Gasteiger partial charge in [0.1, 0.15) is 5.84 Å². The van der Waals surface area contributed by atoms with E-state index >= 15 is 0 Å². The van der Waals surface area contributed by atoms with Gasteiger partial charge in [-0.05, 0) is 24.3 Å². The molecular formula is C20H22N4O3S. The first-order valence-electron chi connectivity index (χ1n) is 9.29. The molecule has 8 heteroatoms. The molecule has 1 fully saturated rings. The van der Waals surface area contributed by atoms with E-state index in [2.05, 4.69) is 26.7 Å². The summed E-state index contributed by atoms with van der Waals surface area (Å²) in [6.45, 7) is 3.22. The molecule has 0 atom stereocenters. The standard InChI is InChI=1S/C20H22N4O3S/c25-19(24-14-12-23(13-15-24)16-6-2-1-3-7-16)10-11-21-20-17-8-4-5-9-18(17)28(26,27)22-20/h1-9H,10-15H2,(H,21,22). The Morgan fingerprint density at radius 2 is 1.64 bits per heavy atom. The number of amidine groups is 1. The van der Waals surface area contributed by atoms with Crippen LogP contribution in [-0.2, 0) is 14.8 Å². The van der Waals surface area contributed by atoms with E-state index in [1.165, 1.54) is 5.69 Å². The van der Waals surface area contributed by atoms with Gasteiger partial charge >= 0.3 is 0 Å². The summed E-state index contributed by atoms with van der Waals surface area (Å²) in [5, 5.41) is 0. The van der Waals surface area contributed by atoms with Gasteiger partial charge in [-0.25, -0.2) is 8.42 Å². The Morgan fingerprint density at radius 1 is 0.964 bits per heavy atom. The molecule has 2 aromatic carbocycles. The third kappa shape index (κ3) is 3.73. The third-order valence-corrected chi connectivity index (χ3v) is 6.41. The molecular weight excluding hydrogens is 376 g/mol. The maximum atomic E-state index is 12.5. The molecule has 1 saturated heterocycles. The molecule has 0 aromatic heterocycles. The van der Waals surface area contributed by atoms with E-state index in [0.29, 0.717) is 24.5 Å². The van der Waals surface area contributed by atoms with Crippen molar-refractivity contribution < 1.29 is 13.2 Å². The lowest BCUT2D eigenvalue weighted by Crippen LogP contribution is -2.48. The molecule has 1 amide bonds. The van der Waals surface area contributed by atoms with E-state index in [-0.39, 0.29) is 23.8 Å². The minimum Gasteiger partial charge on any atom is -0.368 e. The number of benzene rings is 2. The van der Waals surface area contributed by atoms with E-state index in [1.807, 2.05) is 23.1 Å². The van der Waals surface area contributed by atoms with Crippen molar-refractivity contribution in [1.82, 2.24) is 9.62 Å². The fraction of sp³-hybridized carbons (Fsp3) is 0.300. The molecule has 0 saturated carbocycles. The molecule has 146 valence electrons. The van der Waals surface area contributed by atoms with Crippen molar-refractivity contribution >= 4 is 27.5 Å². The number of nitrogens with one attached hydrogen (secondary N) is 1. The number of hydrogen-bond acceptors (Lipinski definition) is 5. The Balaban J connectivity index is 1.32. The normalized spacial score (nSPS) is 19.4. The number of carbonyl (C=O) groups excluding carboxylic acids is 1. The number of anilines is 1. The van der Waals surface area contributed by atoms with Crippen LogP contribution in [0.2, 0.25) is 0 Å². The molecule has 28 heavy (non-hydrogen) atoms. The summed E-state index contributed by atoms with van der Waals surface area (Å²) < 4.78 is 26.6. The SMILES string of the molecule is O=C(CCN=C1NS(=O)(=O)c2ccccc21)N1CCN(c2ccccc2)CC1. The largest absolute Gasteiger partial charge is 0.368 e. The highest BCUT2D eigenvalue weighted by Gasteiger charge is 2.30. The summed E-state index contributed by atoms with van der Waals surface area (Å²) in [6.07, 6.45) is 0.263. The highest BCUT2D eigenvalue weighted by Crippen LogP contribution is 2.22. The Kier molecular flexibility index (Phi) is 5.04. The molecule has 0 aliphatic carbocycles. The first-order chi connectivity index (χ1) is 13.5. The Bertz CT molecular complexity index is 997. The van der Waals surface area contributed by atoms with Crippen molar-refractivity contribution in [3.63, 3.8) is 0 Å². The molecule has 0 bridgehead atoms. The molecule has 2 heterocycles. The number of sulfonamides is 1. The van der Waals surface area contributed by atoms with Crippen molar-refractivity contribution in [3.05, 3.63) is 60.2 Å². The van der Waals surface area contributed by atoms with Crippen LogP contribution in [0.25, 0.3) is 0 Å². The number of hydrogen-bond donors (Lipinski definition) is 1. The van der Waals surface area contributed by atoms with Gasteiger partial charge in [-0.3, -0.25) is 14.5 Å². The molecule has 7 nitrogen and oxygen atoms in total. The van der Waals surface area contributed by atoms with Gasteiger partial charge in [-0.15, -0.1) is 0 Å². The first kappa shape index (κ1) is 18.5. The highest BCUT2D eigenvalue weighted by molar-refractivity contribution is 7.90. The van der Waals surface area contributed by atoms with Crippen molar-refractivity contribution in [2.45, 2.75) is 11.3 Å². The quantitative estimate of drug-likeness (QED) is 0.846. The molecule has 2 aliphatic rings. The zero-order chi connectivity index (χ0) is 19.6. The van der Waals surface area contributed by atoms with Crippen LogP contribution in [0.3, 0.4) is 0 Å². The average molecular weight is 398 g/mol. The molecule has 4 rings (SSSR count). The fourth-order valence-electron chi connectivity index (χ4n) is 3.53. The lowest BCUT2D eigenvalue weighted by atomic mass is 10.2. The van der Waals surface area contributed by atoms with E-state index < -0.39 is 10.0 Å². The predicted molar refractivity (Wildman–Crippen MR) is 108 cm³/mol. The van der Waals surface area contributed by atoms with E-state index in [4.69, 9.17) is 0 Å². The highest BCUT2D eigenvalue weighted by atomic mass is 32.2. The molecule has 0 radical (unpaired) electrons. The second kappa shape index (κ2) is 7.63. The zero-order valence-corrected chi connectivity index (χ0v) is 16.2. The topological polar surface area (TPSA) is 82.1 Å².